The summed E-state index contributed by atoms with van der Waals surface area (Å²) in [5.41, 5.74) is 2.68. The molecule has 0 aliphatic carbocycles. The molecule has 0 radical (unpaired) electrons. The first-order valence-corrected chi connectivity index (χ1v) is 9.60. The van der Waals surface area contributed by atoms with Gasteiger partial charge >= 0.3 is 0 Å². The van der Waals surface area contributed by atoms with Gasteiger partial charge in [-0.2, -0.15) is 0 Å². The standard InChI is InChI=1S/C20H20FN3O2S/c1-3-24(12-15-8-6-9-16(21)11-15)18(25)13-27-20-23-22-19(26-20)17-10-5-4-7-14(17)2/h4-11H,3,12-13H2,1-2H3. The van der Waals surface area contributed by atoms with Gasteiger partial charge in [-0.05, 0) is 43.2 Å². The molecule has 3 rings (SSSR count). The highest BCUT2D eigenvalue weighted by Gasteiger charge is 2.16. The maximum atomic E-state index is 13.3. The smallest absolute Gasteiger partial charge is 0.277 e. The van der Waals surface area contributed by atoms with E-state index < -0.39 is 0 Å². The van der Waals surface area contributed by atoms with E-state index >= 15 is 0 Å². The largest absolute Gasteiger partial charge is 0.411 e. The Morgan fingerprint density at radius 1 is 1.19 bits per heavy atom. The molecule has 0 fully saturated rings. The van der Waals surface area contributed by atoms with E-state index in [1.54, 1.807) is 17.0 Å². The lowest BCUT2D eigenvalue weighted by atomic mass is 10.1. The summed E-state index contributed by atoms with van der Waals surface area (Å²) in [6.07, 6.45) is 0. The Kier molecular flexibility index (Phi) is 6.24. The van der Waals surface area contributed by atoms with Gasteiger partial charge in [0.15, 0.2) is 0 Å². The van der Waals surface area contributed by atoms with Crippen molar-refractivity contribution in [2.24, 2.45) is 0 Å². The molecule has 27 heavy (non-hydrogen) atoms. The molecular formula is C20H20FN3O2S. The second-order valence-electron chi connectivity index (χ2n) is 6.01. The molecule has 0 spiro atoms. The number of hydrogen-bond acceptors (Lipinski definition) is 5. The predicted octanol–water partition coefficient (Wildman–Crippen LogP) is 4.32. The molecule has 0 aliphatic rings. The number of thioether (sulfide) groups is 1. The predicted molar refractivity (Wildman–Crippen MR) is 103 cm³/mol. The molecule has 1 aromatic heterocycles. The van der Waals surface area contributed by atoms with Crippen LogP contribution in [-0.2, 0) is 11.3 Å². The summed E-state index contributed by atoms with van der Waals surface area (Å²) in [6, 6.07) is 14.0. The third-order valence-corrected chi connectivity index (χ3v) is 4.90. The van der Waals surface area contributed by atoms with E-state index in [-0.39, 0.29) is 17.5 Å². The van der Waals surface area contributed by atoms with Gasteiger partial charge in [0.2, 0.25) is 11.8 Å². The van der Waals surface area contributed by atoms with Crippen LogP contribution < -0.4 is 0 Å². The summed E-state index contributed by atoms with van der Waals surface area (Å²) in [6.45, 7) is 4.77. The Balaban J connectivity index is 1.60. The first-order valence-electron chi connectivity index (χ1n) is 8.61. The molecule has 0 bridgehead atoms. The number of carbonyl (C=O) groups is 1. The van der Waals surface area contributed by atoms with Gasteiger partial charge in [-0.3, -0.25) is 4.79 Å². The van der Waals surface area contributed by atoms with Crippen LogP contribution in [0.25, 0.3) is 11.5 Å². The van der Waals surface area contributed by atoms with Crippen molar-refractivity contribution in [3.63, 3.8) is 0 Å². The molecule has 2 aromatic carbocycles. The first kappa shape index (κ1) is 19.1. The minimum Gasteiger partial charge on any atom is -0.411 e. The highest BCUT2D eigenvalue weighted by molar-refractivity contribution is 7.99. The highest BCUT2D eigenvalue weighted by atomic mass is 32.2. The lowest BCUT2D eigenvalue weighted by molar-refractivity contribution is -0.128. The zero-order valence-electron chi connectivity index (χ0n) is 15.2. The first-order chi connectivity index (χ1) is 13.1. The second-order valence-corrected chi connectivity index (χ2v) is 6.94. The monoisotopic (exact) mass is 385 g/mol. The van der Waals surface area contributed by atoms with Crippen LogP contribution in [0.2, 0.25) is 0 Å². The fourth-order valence-electron chi connectivity index (χ4n) is 2.64. The van der Waals surface area contributed by atoms with Crippen LogP contribution in [0.1, 0.15) is 18.1 Å². The Morgan fingerprint density at radius 2 is 2.00 bits per heavy atom. The van der Waals surface area contributed by atoms with Crippen LogP contribution in [0.15, 0.2) is 58.2 Å². The van der Waals surface area contributed by atoms with Gasteiger partial charge in [0.25, 0.3) is 5.22 Å². The van der Waals surface area contributed by atoms with Crippen LogP contribution in [0.4, 0.5) is 4.39 Å². The van der Waals surface area contributed by atoms with E-state index in [9.17, 15) is 9.18 Å². The molecular weight excluding hydrogens is 365 g/mol. The summed E-state index contributed by atoms with van der Waals surface area (Å²) in [5, 5.41) is 8.43. The van der Waals surface area contributed by atoms with Gasteiger partial charge in [0.1, 0.15) is 5.82 Å². The number of rotatable bonds is 7. The van der Waals surface area contributed by atoms with E-state index in [4.69, 9.17) is 4.42 Å². The number of halogens is 1. The molecule has 0 saturated heterocycles. The molecule has 0 aliphatic heterocycles. The quantitative estimate of drug-likeness (QED) is 0.567. The fourth-order valence-corrected chi connectivity index (χ4v) is 3.30. The lowest BCUT2D eigenvalue weighted by Crippen LogP contribution is -2.31. The van der Waals surface area contributed by atoms with Crippen molar-refractivity contribution in [3.05, 3.63) is 65.5 Å². The maximum Gasteiger partial charge on any atom is 0.277 e. The lowest BCUT2D eigenvalue weighted by Gasteiger charge is -2.20. The van der Waals surface area contributed by atoms with Crippen molar-refractivity contribution in [1.82, 2.24) is 15.1 Å². The third kappa shape index (κ3) is 4.95. The number of hydrogen-bond donors (Lipinski definition) is 0. The van der Waals surface area contributed by atoms with E-state index in [0.717, 1.165) is 16.7 Å². The normalized spacial score (nSPS) is 10.8. The summed E-state index contributed by atoms with van der Waals surface area (Å²) < 4.78 is 19.0. The minimum atomic E-state index is -0.306. The van der Waals surface area contributed by atoms with Crippen LogP contribution >= 0.6 is 11.8 Å². The van der Waals surface area contributed by atoms with E-state index in [1.165, 1.54) is 23.9 Å². The van der Waals surface area contributed by atoms with E-state index in [0.29, 0.717) is 24.2 Å². The number of aryl methyl sites for hydroxylation is 1. The summed E-state index contributed by atoms with van der Waals surface area (Å²) in [5.74, 6) is 0.246. The summed E-state index contributed by atoms with van der Waals surface area (Å²) in [7, 11) is 0. The van der Waals surface area contributed by atoms with Crippen LogP contribution in [-0.4, -0.2) is 33.3 Å². The minimum absolute atomic E-state index is 0.0672. The molecule has 1 amide bonds. The van der Waals surface area contributed by atoms with Gasteiger partial charge in [0.05, 0.1) is 5.75 Å². The summed E-state index contributed by atoms with van der Waals surface area (Å²) in [4.78, 5) is 14.2. The zero-order valence-corrected chi connectivity index (χ0v) is 16.0. The molecule has 7 heteroatoms. The van der Waals surface area contributed by atoms with Crippen molar-refractivity contribution < 1.29 is 13.6 Å². The molecule has 140 valence electrons. The van der Waals surface area contributed by atoms with Gasteiger partial charge in [-0.1, -0.05) is 42.1 Å². The highest BCUT2D eigenvalue weighted by Crippen LogP contribution is 2.25. The van der Waals surface area contributed by atoms with Gasteiger partial charge in [-0.25, -0.2) is 4.39 Å². The van der Waals surface area contributed by atoms with Crippen molar-refractivity contribution >= 4 is 17.7 Å². The van der Waals surface area contributed by atoms with Gasteiger partial charge in [0, 0.05) is 18.7 Å². The Labute approximate surface area is 161 Å². The van der Waals surface area contributed by atoms with Crippen molar-refractivity contribution in [2.75, 3.05) is 12.3 Å². The number of benzene rings is 2. The Hall–Kier alpha value is -2.67. The van der Waals surface area contributed by atoms with Crippen molar-refractivity contribution in [3.8, 4) is 11.5 Å². The molecule has 0 N–H and O–H groups in total. The van der Waals surface area contributed by atoms with E-state index in [2.05, 4.69) is 10.2 Å². The van der Waals surface area contributed by atoms with Crippen molar-refractivity contribution in [2.45, 2.75) is 25.6 Å². The van der Waals surface area contributed by atoms with Gasteiger partial charge < -0.3 is 9.32 Å². The molecule has 0 saturated carbocycles. The average molecular weight is 385 g/mol. The topological polar surface area (TPSA) is 59.2 Å². The fraction of sp³-hybridized carbons (Fsp3) is 0.250. The number of nitrogens with zero attached hydrogens (tertiary/aromatic N) is 3. The van der Waals surface area contributed by atoms with Crippen LogP contribution in [0.3, 0.4) is 0 Å². The number of aromatic nitrogens is 2. The SMILES string of the molecule is CCN(Cc1cccc(F)c1)C(=O)CSc1nnc(-c2ccccc2C)o1. The Bertz CT molecular complexity index is 929. The van der Waals surface area contributed by atoms with Gasteiger partial charge in [-0.15, -0.1) is 10.2 Å². The van der Waals surface area contributed by atoms with E-state index in [1.807, 2.05) is 38.1 Å². The molecule has 0 unspecified atom stereocenters. The number of carbonyl (C=O) groups excluding carboxylic acids is 1. The molecule has 3 aromatic rings. The second kappa shape index (κ2) is 8.81. The Morgan fingerprint density at radius 3 is 2.74 bits per heavy atom. The maximum absolute atomic E-state index is 13.3. The number of amides is 1. The zero-order chi connectivity index (χ0) is 19.2. The van der Waals surface area contributed by atoms with Crippen LogP contribution in [0.5, 0.6) is 0 Å². The average Bonchev–Trinajstić information content (AvgIpc) is 3.13. The van der Waals surface area contributed by atoms with Crippen LogP contribution in [0, 0.1) is 12.7 Å². The molecule has 0 atom stereocenters. The van der Waals surface area contributed by atoms with Crippen molar-refractivity contribution in [1.29, 1.82) is 0 Å². The molecule has 1 heterocycles. The third-order valence-electron chi connectivity index (χ3n) is 4.10. The molecule has 5 nitrogen and oxygen atoms in total. The summed E-state index contributed by atoms with van der Waals surface area (Å²) >= 11 is 1.20.